The monoisotopic (exact) mass is 316 g/mol. The first-order valence-corrected chi connectivity index (χ1v) is 7.88. The highest BCUT2D eigenvalue weighted by atomic mass is 16.3. The number of hydrogen-bond donors (Lipinski definition) is 0. The molecule has 0 radical (unpaired) electrons. The van der Waals surface area contributed by atoms with Crippen LogP contribution in [-0.4, -0.2) is 16.6 Å². The Balaban J connectivity index is 1.72. The lowest BCUT2D eigenvalue weighted by atomic mass is 10.0. The van der Waals surface area contributed by atoms with Crippen molar-refractivity contribution < 1.29 is 9.21 Å². The van der Waals surface area contributed by atoms with Crippen LogP contribution >= 0.6 is 0 Å². The van der Waals surface area contributed by atoms with Gasteiger partial charge in [0.05, 0.1) is 12.0 Å². The van der Waals surface area contributed by atoms with Crippen molar-refractivity contribution in [1.29, 1.82) is 0 Å². The number of furan rings is 1. The molecule has 4 nitrogen and oxygen atoms in total. The fourth-order valence-electron chi connectivity index (χ4n) is 2.92. The quantitative estimate of drug-likeness (QED) is 0.724. The predicted molar refractivity (Wildman–Crippen MR) is 91.7 cm³/mol. The summed E-state index contributed by atoms with van der Waals surface area (Å²) in [5.74, 6) is 0.622. The van der Waals surface area contributed by atoms with Crippen molar-refractivity contribution in [3.63, 3.8) is 0 Å². The molecule has 1 aromatic heterocycles. The smallest absolute Gasteiger partial charge is 0.274 e. The van der Waals surface area contributed by atoms with Crippen LogP contribution in [0.25, 0.3) is 0 Å². The molecule has 4 rings (SSSR count). The Labute approximate surface area is 140 Å². The zero-order chi connectivity index (χ0) is 16.4. The number of hydrogen-bond acceptors (Lipinski definition) is 3. The highest BCUT2D eigenvalue weighted by molar-refractivity contribution is 6.04. The van der Waals surface area contributed by atoms with Gasteiger partial charge in [-0.3, -0.25) is 4.79 Å². The summed E-state index contributed by atoms with van der Waals surface area (Å²) in [7, 11) is 0. The molecule has 2 aromatic carbocycles. The Kier molecular flexibility index (Phi) is 3.71. The van der Waals surface area contributed by atoms with E-state index in [1.807, 2.05) is 60.7 Å². The van der Waals surface area contributed by atoms with E-state index in [0.29, 0.717) is 12.0 Å². The minimum absolute atomic E-state index is 0.122. The Bertz CT molecular complexity index is 855. The second-order valence-corrected chi connectivity index (χ2v) is 5.66. The minimum atomic E-state index is -0.220. The van der Waals surface area contributed by atoms with Crippen LogP contribution in [0.1, 0.15) is 34.1 Å². The van der Waals surface area contributed by atoms with Gasteiger partial charge in [0.1, 0.15) is 11.8 Å². The van der Waals surface area contributed by atoms with Crippen molar-refractivity contribution in [2.75, 3.05) is 0 Å². The van der Waals surface area contributed by atoms with Gasteiger partial charge in [0.25, 0.3) is 5.91 Å². The Hall–Kier alpha value is -3.14. The Morgan fingerprint density at radius 2 is 1.67 bits per heavy atom. The first-order valence-electron chi connectivity index (χ1n) is 7.88. The molecule has 1 aliphatic heterocycles. The maximum absolute atomic E-state index is 12.9. The van der Waals surface area contributed by atoms with Gasteiger partial charge in [-0.25, -0.2) is 5.01 Å². The first-order chi connectivity index (χ1) is 11.8. The third-order valence-corrected chi connectivity index (χ3v) is 4.12. The molecule has 1 aliphatic rings. The summed E-state index contributed by atoms with van der Waals surface area (Å²) >= 11 is 0. The van der Waals surface area contributed by atoms with Crippen molar-refractivity contribution in [2.45, 2.75) is 12.5 Å². The third kappa shape index (κ3) is 2.63. The van der Waals surface area contributed by atoms with E-state index in [2.05, 4.69) is 5.10 Å². The highest BCUT2D eigenvalue weighted by Gasteiger charge is 2.35. The lowest BCUT2D eigenvalue weighted by Crippen LogP contribution is -2.26. The van der Waals surface area contributed by atoms with Gasteiger partial charge in [-0.05, 0) is 29.8 Å². The summed E-state index contributed by atoms with van der Waals surface area (Å²) in [4.78, 5) is 12.9. The van der Waals surface area contributed by atoms with Gasteiger partial charge >= 0.3 is 0 Å². The molecule has 0 fully saturated rings. The van der Waals surface area contributed by atoms with E-state index in [-0.39, 0.29) is 11.9 Å². The molecule has 0 saturated heterocycles. The van der Waals surface area contributed by atoms with E-state index < -0.39 is 0 Å². The van der Waals surface area contributed by atoms with Gasteiger partial charge in [0.15, 0.2) is 0 Å². The number of carbonyl (C=O) groups is 1. The molecule has 0 bridgehead atoms. The maximum atomic E-state index is 12.9. The summed E-state index contributed by atoms with van der Waals surface area (Å²) in [5.41, 5.74) is 2.53. The molecule has 3 aromatic rings. The second-order valence-electron chi connectivity index (χ2n) is 5.66. The maximum Gasteiger partial charge on any atom is 0.274 e. The molecule has 0 aliphatic carbocycles. The predicted octanol–water partition coefficient (Wildman–Crippen LogP) is 4.27. The summed E-state index contributed by atoms with van der Waals surface area (Å²) in [6.07, 6.45) is 2.26. The van der Waals surface area contributed by atoms with Crippen molar-refractivity contribution >= 4 is 11.6 Å². The van der Waals surface area contributed by atoms with Crippen LogP contribution in [0.4, 0.5) is 0 Å². The molecule has 1 amide bonds. The normalized spacial score (nSPS) is 16.9. The minimum Gasteiger partial charge on any atom is -0.467 e. The third-order valence-electron chi connectivity index (χ3n) is 4.12. The molecule has 24 heavy (non-hydrogen) atoms. The summed E-state index contributed by atoms with van der Waals surface area (Å²) < 4.78 is 5.55. The highest BCUT2D eigenvalue weighted by Crippen LogP contribution is 2.34. The van der Waals surface area contributed by atoms with E-state index >= 15 is 0 Å². The van der Waals surface area contributed by atoms with Crippen molar-refractivity contribution in [3.05, 3.63) is 95.9 Å². The van der Waals surface area contributed by atoms with Gasteiger partial charge in [-0.15, -0.1) is 0 Å². The fraction of sp³-hybridized carbons (Fsp3) is 0.100. The number of nitrogens with zero attached hydrogens (tertiary/aromatic N) is 2. The van der Waals surface area contributed by atoms with Crippen LogP contribution in [0, 0.1) is 0 Å². The van der Waals surface area contributed by atoms with E-state index in [9.17, 15) is 4.79 Å². The number of benzene rings is 2. The fourth-order valence-corrected chi connectivity index (χ4v) is 2.92. The molecule has 0 saturated carbocycles. The molecule has 2 heterocycles. The molecule has 0 spiro atoms. The Morgan fingerprint density at radius 3 is 2.33 bits per heavy atom. The van der Waals surface area contributed by atoms with Gasteiger partial charge in [-0.2, -0.15) is 5.10 Å². The van der Waals surface area contributed by atoms with Crippen LogP contribution < -0.4 is 0 Å². The molecule has 0 unspecified atom stereocenters. The zero-order valence-corrected chi connectivity index (χ0v) is 13.0. The van der Waals surface area contributed by atoms with Crippen LogP contribution in [0.3, 0.4) is 0 Å². The first kappa shape index (κ1) is 14.5. The molecule has 1 atom stereocenters. The molecular formula is C20H16N2O2. The van der Waals surface area contributed by atoms with Crippen molar-refractivity contribution in [2.24, 2.45) is 5.10 Å². The van der Waals surface area contributed by atoms with Crippen LogP contribution in [0.2, 0.25) is 0 Å². The average Bonchev–Trinajstić information content (AvgIpc) is 3.32. The molecule has 4 heteroatoms. The van der Waals surface area contributed by atoms with Crippen LogP contribution in [-0.2, 0) is 0 Å². The number of rotatable bonds is 3. The van der Waals surface area contributed by atoms with E-state index in [0.717, 1.165) is 17.0 Å². The zero-order valence-electron chi connectivity index (χ0n) is 13.0. The van der Waals surface area contributed by atoms with Crippen LogP contribution in [0.5, 0.6) is 0 Å². The van der Waals surface area contributed by atoms with E-state index in [4.69, 9.17) is 4.42 Å². The standard InChI is InChI=1S/C20H16N2O2/c23-20(16-10-5-2-6-11-16)22-18(19-12-7-13-24-19)14-17(21-22)15-8-3-1-4-9-15/h1-13,18H,14H2/t18-/m1/s1. The van der Waals surface area contributed by atoms with Gasteiger partial charge in [0.2, 0.25) is 0 Å². The van der Waals surface area contributed by atoms with Crippen molar-refractivity contribution in [3.8, 4) is 0 Å². The lowest BCUT2D eigenvalue weighted by Gasteiger charge is -2.19. The van der Waals surface area contributed by atoms with Crippen LogP contribution in [0.15, 0.2) is 88.6 Å². The lowest BCUT2D eigenvalue weighted by molar-refractivity contribution is 0.0693. The van der Waals surface area contributed by atoms with Gasteiger partial charge in [-0.1, -0.05) is 48.5 Å². The van der Waals surface area contributed by atoms with Gasteiger partial charge in [0, 0.05) is 12.0 Å². The average molecular weight is 316 g/mol. The number of carbonyl (C=O) groups excluding carboxylic acids is 1. The second kappa shape index (κ2) is 6.16. The van der Waals surface area contributed by atoms with E-state index in [1.165, 1.54) is 5.01 Å². The van der Waals surface area contributed by atoms with Gasteiger partial charge < -0.3 is 4.42 Å². The van der Waals surface area contributed by atoms with E-state index in [1.54, 1.807) is 18.4 Å². The number of amides is 1. The topological polar surface area (TPSA) is 45.8 Å². The molecule has 118 valence electrons. The SMILES string of the molecule is O=C(c1ccccc1)N1N=C(c2ccccc2)C[C@@H]1c1ccco1. The number of hydrazone groups is 1. The Morgan fingerprint density at radius 1 is 0.958 bits per heavy atom. The molecular weight excluding hydrogens is 300 g/mol. The summed E-state index contributed by atoms with van der Waals surface area (Å²) in [6.45, 7) is 0. The summed E-state index contributed by atoms with van der Waals surface area (Å²) in [6, 6.07) is 22.6. The largest absolute Gasteiger partial charge is 0.467 e. The molecule has 0 N–H and O–H groups in total. The van der Waals surface area contributed by atoms with Crippen molar-refractivity contribution in [1.82, 2.24) is 5.01 Å². The summed E-state index contributed by atoms with van der Waals surface area (Å²) in [5, 5.41) is 6.15.